The second kappa shape index (κ2) is 11.3. The molecule has 1 aliphatic carbocycles. The summed E-state index contributed by atoms with van der Waals surface area (Å²) in [4.78, 5) is 33.8. The first-order valence-electron chi connectivity index (χ1n) is 13.4. The maximum absolute atomic E-state index is 14.6. The van der Waals surface area contributed by atoms with Crippen LogP contribution in [0.25, 0.3) is 21.3 Å². The molecule has 2 aliphatic rings. The fourth-order valence-corrected chi connectivity index (χ4v) is 6.87. The van der Waals surface area contributed by atoms with Crippen LogP contribution in [-0.4, -0.2) is 47.4 Å². The van der Waals surface area contributed by atoms with Gasteiger partial charge in [0.15, 0.2) is 0 Å². The van der Waals surface area contributed by atoms with Crippen molar-refractivity contribution in [3.8, 4) is 11.1 Å². The Hall–Kier alpha value is -2.84. The van der Waals surface area contributed by atoms with Crippen LogP contribution in [-0.2, 0) is 9.59 Å². The highest BCUT2D eigenvalue weighted by molar-refractivity contribution is 7.18. The van der Waals surface area contributed by atoms with Gasteiger partial charge in [0.1, 0.15) is 16.9 Å². The lowest BCUT2D eigenvalue weighted by Crippen LogP contribution is -2.55. The van der Waals surface area contributed by atoms with Crippen LogP contribution in [0.1, 0.15) is 62.9 Å². The molecule has 1 saturated carbocycles. The van der Waals surface area contributed by atoms with Crippen molar-refractivity contribution in [3.63, 3.8) is 0 Å². The van der Waals surface area contributed by atoms with Gasteiger partial charge in [0.25, 0.3) is 0 Å². The van der Waals surface area contributed by atoms with E-state index < -0.39 is 6.04 Å². The zero-order chi connectivity index (χ0) is 25.9. The van der Waals surface area contributed by atoms with Crippen molar-refractivity contribution in [2.75, 3.05) is 13.6 Å². The smallest absolute Gasteiger partial charge is 0.246 e. The lowest BCUT2D eigenvalue weighted by atomic mass is 9.83. The second-order valence-corrected chi connectivity index (χ2v) is 11.3. The van der Waals surface area contributed by atoms with Crippen molar-refractivity contribution in [2.24, 2.45) is 5.92 Å². The lowest BCUT2D eigenvalue weighted by molar-refractivity contribution is -0.139. The number of thiazole rings is 1. The van der Waals surface area contributed by atoms with E-state index >= 15 is 0 Å². The molecule has 37 heavy (non-hydrogen) atoms. The molecule has 5 rings (SSSR count). The van der Waals surface area contributed by atoms with Gasteiger partial charge in [0.2, 0.25) is 11.8 Å². The third-order valence-electron chi connectivity index (χ3n) is 7.93. The van der Waals surface area contributed by atoms with Crippen molar-refractivity contribution in [1.82, 2.24) is 20.5 Å². The van der Waals surface area contributed by atoms with Crippen LogP contribution in [0.15, 0.2) is 42.5 Å². The van der Waals surface area contributed by atoms with Crippen molar-refractivity contribution in [2.45, 2.75) is 70.0 Å². The van der Waals surface area contributed by atoms with Crippen molar-refractivity contribution in [1.29, 1.82) is 0 Å². The summed E-state index contributed by atoms with van der Waals surface area (Å²) in [5.41, 5.74) is 2.07. The largest absolute Gasteiger partial charge is 0.343 e. The number of nitrogens with one attached hydrogen (secondary N) is 2. The summed E-state index contributed by atoms with van der Waals surface area (Å²) in [5.74, 6) is -0.265. The molecule has 2 heterocycles. The number of hydrogen-bond donors (Lipinski definition) is 2. The number of carbonyl (C=O) groups is 2. The number of likely N-dealkylation sites (tertiary alicyclic amines) is 1. The summed E-state index contributed by atoms with van der Waals surface area (Å²) < 4.78 is 15.6. The molecule has 8 heteroatoms. The number of carbonyl (C=O) groups excluding carboxylic acids is 2. The first-order valence-corrected chi connectivity index (χ1v) is 14.2. The van der Waals surface area contributed by atoms with Gasteiger partial charge in [0, 0.05) is 17.7 Å². The molecule has 1 aromatic heterocycles. The third-order valence-corrected chi connectivity index (χ3v) is 9.05. The number of hydrogen-bond acceptors (Lipinski definition) is 5. The summed E-state index contributed by atoms with van der Waals surface area (Å²) in [6.45, 7) is 2.46. The fraction of sp³-hybridized carbons (Fsp3) is 0.483. The maximum Gasteiger partial charge on any atom is 0.246 e. The van der Waals surface area contributed by atoms with Crippen LogP contribution in [0.2, 0.25) is 0 Å². The Bertz CT molecular complexity index is 1270. The summed E-state index contributed by atoms with van der Waals surface area (Å²) >= 11 is 1.58. The summed E-state index contributed by atoms with van der Waals surface area (Å²) in [6, 6.07) is 11.6. The van der Waals surface area contributed by atoms with Crippen LogP contribution in [0, 0.1) is 11.7 Å². The lowest BCUT2D eigenvalue weighted by Gasteiger charge is -2.35. The Morgan fingerprint density at radius 3 is 2.54 bits per heavy atom. The molecule has 0 bridgehead atoms. The molecule has 0 unspecified atom stereocenters. The van der Waals surface area contributed by atoms with Gasteiger partial charge in [-0.1, -0.05) is 49.6 Å². The van der Waals surface area contributed by atoms with Crippen LogP contribution in [0.5, 0.6) is 0 Å². The molecular formula is C29H35FN4O2S. The van der Waals surface area contributed by atoms with Crippen molar-refractivity contribution >= 4 is 33.4 Å². The first kappa shape index (κ1) is 25.8. The van der Waals surface area contributed by atoms with E-state index in [2.05, 4.69) is 10.6 Å². The minimum absolute atomic E-state index is 0.000337. The number of nitrogens with zero attached hydrogens (tertiary/aromatic N) is 2. The zero-order valence-electron chi connectivity index (χ0n) is 21.5. The quantitative estimate of drug-likeness (QED) is 0.433. The molecule has 2 amide bonds. The van der Waals surface area contributed by atoms with Gasteiger partial charge in [-0.2, -0.15) is 0 Å². The van der Waals surface area contributed by atoms with E-state index in [-0.39, 0.29) is 35.6 Å². The predicted octanol–water partition coefficient (Wildman–Crippen LogP) is 5.44. The Balaban J connectivity index is 1.45. The van der Waals surface area contributed by atoms with E-state index in [0.717, 1.165) is 59.3 Å². The van der Waals surface area contributed by atoms with E-state index in [0.29, 0.717) is 12.1 Å². The summed E-state index contributed by atoms with van der Waals surface area (Å²) in [7, 11) is 1.75. The molecular weight excluding hydrogens is 487 g/mol. The highest BCUT2D eigenvalue weighted by atomic mass is 32.1. The SMILES string of the molecule is CN[C@@H](C)C(=O)N[C@H](C(=O)N1CCC[C@H]1c1nc2c(-c3ccccc3F)cccc2s1)C1CCCCC1. The Labute approximate surface area is 221 Å². The fourth-order valence-electron chi connectivity index (χ4n) is 5.73. The molecule has 3 aromatic rings. The van der Waals surface area contributed by atoms with E-state index in [1.54, 1.807) is 30.5 Å². The average Bonchev–Trinajstić information content (AvgIpc) is 3.59. The molecule has 0 spiro atoms. The van der Waals surface area contributed by atoms with Gasteiger partial charge in [-0.15, -0.1) is 11.3 Å². The molecule has 2 N–H and O–H groups in total. The topological polar surface area (TPSA) is 74.3 Å². The normalized spacial score (nSPS) is 20.2. The molecule has 1 saturated heterocycles. The number of benzene rings is 2. The average molecular weight is 523 g/mol. The predicted molar refractivity (Wildman–Crippen MR) is 146 cm³/mol. The van der Waals surface area contributed by atoms with E-state index in [1.807, 2.05) is 36.1 Å². The Kier molecular flexibility index (Phi) is 7.86. The van der Waals surface area contributed by atoms with Crippen LogP contribution in [0.4, 0.5) is 4.39 Å². The summed E-state index contributed by atoms with van der Waals surface area (Å²) in [5, 5.41) is 6.96. The monoisotopic (exact) mass is 522 g/mol. The highest BCUT2D eigenvalue weighted by Crippen LogP contribution is 2.40. The first-order chi connectivity index (χ1) is 18.0. The van der Waals surface area contributed by atoms with Gasteiger partial charge in [-0.05, 0) is 57.7 Å². The molecule has 3 atom stereocenters. The van der Waals surface area contributed by atoms with E-state index in [9.17, 15) is 14.0 Å². The minimum atomic E-state index is -0.521. The molecule has 196 valence electrons. The molecule has 1 aliphatic heterocycles. The van der Waals surface area contributed by atoms with Gasteiger partial charge in [0.05, 0.1) is 22.3 Å². The number of para-hydroxylation sites is 1. The summed E-state index contributed by atoms with van der Waals surface area (Å²) in [6.07, 6.45) is 6.99. The van der Waals surface area contributed by atoms with Crippen LogP contribution >= 0.6 is 11.3 Å². The Morgan fingerprint density at radius 1 is 1.03 bits per heavy atom. The van der Waals surface area contributed by atoms with Gasteiger partial charge >= 0.3 is 0 Å². The standard InChI is InChI=1S/C29H35FN4O2S/c1-18(31-2)27(35)32-25(19-10-4-3-5-11-19)29(36)34-17-9-15-23(34)28-33-26-21(13-8-16-24(26)37-28)20-12-6-7-14-22(20)30/h6-8,12-14,16,18-19,23,25,31H,3-5,9-11,15,17H2,1-2H3,(H,32,35)/t18-,23-,25-/m0/s1. The van der Waals surface area contributed by atoms with Crippen molar-refractivity contribution < 1.29 is 14.0 Å². The Morgan fingerprint density at radius 2 is 1.78 bits per heavy atom. The van der Waals surface area contributed by atoms with Crippen molar-refractivity contribution in [3.05, 3.63) is 53.3 Å². The number of rotatable bonds is 7. The number of likely N-dealkylation sites (N-methyl/N-ethyl adjacent to an activating group) is 1. The van der Waals surface area contributed by atoms with E-state index in [1.165, 1.54) is 12.5 Å². The number of aromatic nitrogens is 1. The number of fused-ring (bicyclic) bond motifs is 1. The molecule has 2 fully saturated rings. The van der Waals surface area contributed by atoms with Crippen LogP contribution in [0.3, 0.4) is 0 Å². The molecule has 2 aromatic carbocycles. The van der Waals surface area contributed by atoms with Gasteiger partial charge in [-0.25, -0.2) is 9.37 Å². The van der Waals surface area contributed by atoms with E-state index in [4.69, 9.17) is 4.98 Å². The van der Waals surface area contributed by atoms with Gasteiger partial charge in [-0.3, -0.25) is 9.59 Å². The van der Waals surface area contributed by atoms with Gasteiger partial charge < -0.3 is 15.5 Å². The highest BCUT2D eigenvalue weighted by Gasteiger charge is 2.40. The number of halogens is 1. The second-order valence-electron chi connectivity index (χ2n) is 10.3. The third kappa shape index (κ3) is 5.27. The zero-order valence-corrected chi connectivity index (χ0v) is 22.3. The molecule has 6 nitrogen and oxygen atoms in total. The number of amides is 2. The minimum Gasteiger partial charge on any atom is -0.343 e. The maximum atomic E-state index is 14.6. The van der Waals surface area contributed by atoms with Crippen LogP contribution < -0.4 is 10.6 Å². The molecule has 0 radical (unpaired) electrons.